The highest BCUT2D eigenvalue weighted by molar-refractivity contribution is 8.14. The van der Waals surface area contributed by atoms with Gasteiger partial charge in [0, 0.05) is 18.5 Å². The van der Waals surface area contributed by atoms with Crippen LogP contribution < -0.4 is 19.7 Å². The van der Waals surface area contributed by atoms with Gasteiger partial charge in [-0.15, -0.1) is 11.3 Å². The number of thioether (sulfide) groups is 2. The van der Waals surface area contributed by atoms with Crippen molar-refractivity contribution in [3.63, 3.8) is 0 Å². The summed E-state index contributed by atoms with van der Waals surface area (Å²) in [7, 11) is 2.05. The van der Waals surface area contributed by atoms with E-state index in [0.717, 1.165) is 33.1 Å². The van der Waals surface area contributed by atoms with Crippen molar-refractivity contribution in [1.29, 1.82) is 0 Å². The Morgan fingerprint density at radius 1 is 1.27 bits per heavy atom. The second kappa shape index (κ2) is 7.29. The Labute approximate surface area is 165 Å². The summed E-state index contributed by atoms with van der Waals surface area (Å²) < 4.78 is 6.18. The average molecular weight is 405 g/mol. The molecule has 2 aromatic rings. The lowest BCUT2D eigenvalue weighted by Crippen LogP contribution is -2.33. The van der Waals surface area contributed by atoms with Gasteiger partial charge in [-0.3, -0.25) is 9.36 Å². The van der Waals surface area contributed by atoms with Crippen molar-refractivity contribution in [3.05, 3.63) is 43.8 Å². The van der Waals surface area contributed by atoms with Gasteiger partial charge in [0.1, 0.15) is 20.8 Å². The molecular formula is C19H22N3OS3+. The molecule has 4 rings (SSSR count). The number of hydrogen-bond donors (Lipinski definition) is 0. The third-order valence-electron chi connectivity index (χ3n) is 4.71. The SMILES string of the molecule is CCn1c(=O)/c(=C2\Sc3ccccc3N2C)s/c1=C/C1=[N+](CC)CCS1. The van der Waals surface area contributed by atoms with Crippen molar-refractivity contribution in [1.82, 2.24) is 4.57 Å². The Bertz CT molecular complexity index is 1060. The van der Waals surface area contributed by atoms with Crippen LogP contribution in [0.2, 0.25) is 0 Å². The number of fused-ring (bicyclic) bond motifs is 1. The van der Waals surface area contributed by atoms with Crippen molar-refractivity contribution in [2.24, 2.45) is 0 Å². The normalized spacial score (nSPS) is 19.7. The molecule has 0 bridgehead atoms. The zero-order valence-electron chi connectivity index (χ0n) is 15.2. The molecule has 0 unspecified atom stereocenters. The van der Waals surface area contributed by atoms with Gasteiger partial charge in [-0.2, -0.15) is 0 Å². The molecule has 136 valence electrons. The maximum atomic E-state index is 13.1. The summed E-state index contributed by atoms with van der Waals surface area (Å²) in [5.41, 5.74) is 1.30. The largest absolute Gasteiger partial charge is 0.337 e. The van der Waals surface area contributed by atoms with E-state index in [2.05, 4.69) is 34.6 Å². The van der Waals surface area contributed by atoms with Gasteiger partial charge in [0.25, 0.3) is 5.56 Å². The summed E-state index contributed by atoms with van der Waals surface area (Å²) in [6, 6.07) is 8.32. The number of thiazole rings is 1. The Morgan fingerprint density at radius 3 is 2.81 bits per heavy atom. The maximum Gasteiger partial charge on any atom is 0.271 e. The third kappa shape index (κ3) is 2.96. The van der Waals surface area contributed by atoms with E-state index in [1.165, 1.54) is 15.6 Å². The first-order valence-corrected chi connectivity index (χ1v) is 11.5. The zero-order valence-corrected chi connectivity index (χ0v) is 17.6. The zero-order chi connectivity index (χ0) is 18.3. The van der Waals surface area contributed by atoms with Gasteiger partial charge in [-0.05, 0) is 26.0 Å². The first-order chi connectivity index (χ1) is 12.6. The Kier molecular flexibility index (Phi) is 5.03. The van der Waals surface area contributed by atoms with Crippen molar-refractivity contribution >= 4 is 56.7 Å². The van der Waals surface area contributed by atoms with E-state index in [-0.39, 0.29) is 5.56 Å². The van der Waals surface area contributed by atoms with E-state index in [1.807, 2.05) is 42.4 Å². The molecule has 1 aromatic carbocycles. The van der Waals surface area contributed by atoms with Crippen LogP contribution in [0.25, 0.3) is 11.1 Å². The van der Waals surface area contributed by atoms with Crippen LogP contribution in [0.5, 0.6) is 0 Å². The van der Waals surface area contributed by atoms with Crippen molar-refractivity contribution in [3.8, 4) is 0 Å². The Balaban J connectivity index is 1.91. The summed E-state index contributed by atoms with van der Waals surface area (Å²) in [4.78, 5) is 16.5. The maximum absolute atomic E-state index is 13.1. The van der Waals surface area contributed by atoms with Crippen LogP contribution in [0.4, 0.5) is 5.69 Å². The molecule has 0 fully saturated rings. The van der Waals surface area contributed by atoms with E-state index < -0.39 is 0 Å². The summed E-state index contributed by atoms with van der Waals surface area (Å²) in [5, 5.41) is 2.32. The minimum absolute atomic E-state index is 0.123. The quantitative estimate of drug-likeness (QED) is 0.734. The molecule has 2 aliphatic rings. The van der Waals surface area contributed by atoms with Crippen molar-refractivity contribution < 1.29 is 4.58 Å². The fourth-order valence-corrected chi connectivity index (χ4v) is 6.93. The molecule has 0 atom stereocenters. The van der Waals surface area contributed by atoms with Crippen LogP contribution in [0.1, 0.15) is 13.8 Å². The molecule has 0 amide bonds. The first kappa shape index (κ1) is 17.9. The average Bonchev–Trinajstić information content (AvgIpc) is 3.32. The lowest BCUT2D eigenvalue weighted by atomic mass is 10.3. The van der Waals surface area contributed by atoms with Gasteiger partial charge in [0.15, 0.2) is 6.54 Å². The number of para-hydroxylation sites is 1. The van der Waals surface area contributed by atoms with E-state index in [0.29, 0.717) is 6.54 Å². The predicted octanol–water partition coefficient (Wildman–Crippen LogP) is 2.20. The van der Waals surface area contributed by atoms with Crippen LogP contribution in [-0.4, -0.2) is 40.1 Å². The minimum atomic E-state index is 0.123. The van der Waals surface area contributed by atoms with Gasteiger partial charge >= 0.3 is 0 Å². The lowest BCUT2D eigenvalue weighted by Gasteiger charge is -2.11. The molecular weight excluding hydrogens is 382 g/mol. The van der Waals surface area contributed by atoms with E-state index in [9.17, 15) is 4.79 Å². The molecule has 7 heteroatoms. The summed E-state index contributed by atoms with van der Waals surface area (Å²) in [6.45, 7) is 7.03. The molecule has 0 radical (unpaired) electrons. The van der Waals surface area contributed by atoms with E-state index in [4.69, 9.17) is 0 Å². The molecule has 0 saturated carbocycles. The molecule has 0 N–H and O–H groups in total. The molecule has 2 aliphatic heterocycles. The summed E-state index contributed by atoms with van der Waals surface area (Å²) >= 11 is 5.19. The topological polar surface area (TPSA) is 28.2 Å². The van der Waals surface area contributed by atoms with Crippen molar-refractivity contribution in [2.75, 3.05) is 30.8 Å². The standard InChI is InChI=1S/C19H22N3OS3/c1-4-21-10-11-24-15(21)12-16-22(5-2)18(23)17(26-16)19-20(3)13-8-6-7-9-14(13)25-19/h6-9,12H,4-5,10-11H2,1-3H3/q+1/b19-17+. The van der Waals surface area contributed by atoms with E-state index in [1.54, 1.807) is 23.1 Å². The van der Waals surface area contributed by atoms with E-state index >= 15 is 0 Å². The number of anilines is 1. The summed E-state index contributed by atoms with van der Waals surface area (Å²) in [6.07, 6.45) is 2.20. The highest BCUT2D eigenvalue weighted by atomic mass is 32.2. The Morgan fingerprint density at radius 2 is 2.08 bits per heavy atom. The second-order valence-corrected chi connectivity index (χ2v) is 9.34. The molecule has 0 saturated heterocycles. The number of hydrogen-bond acceptors (Lipinski definition) is 5. The van der Waals surface area contributed by atoms with Gasteiger partial charge in [-0.1, -0.05) is 35.7 Å². The predicted molar refractivity (Wildman–Crippen MR) is 115 cm³/mol. The second-order valence-electron chi connectivity index (χ2n) is 6.16. The molecule has 26 heavy (non-hydrogen) atoms. The van der Waals surface area contributed by atoms with Crippen LogP contribution in [0.15, 0.2) is 34.0 Å². The smallest absolute Gasteiger partial charge is 0.271 e. The number of benzene rings is 1. The third-order valence-corrected chi connectivity index (χ3v) is 8.26. The minimum Gasteiger partial charge on any atom is -0.337 e. The van der Waals surface area contributed by atoms with Gasteiger partial charge in [0.05, 0.1) is 17.5 Å². The summed E-state index contributed by atoms with van der Waals surface area (Å²) in [5.74, 6) is 1.12. The van der Waals surface area contributed by atoms with Gasteiger partial charge in [-0.25, -0.2) is 4.58 Å². The first-order valence-electron chi connectivity index (χ1n) is 8.85. The van der Waals surface area contributed by atoms with Gasteiger partial charge in [0.2, 0.25) is 5.04 Å². The number of nitrogens with zero attached hydrogens (tertiary/aromatic N) is 3. The lowest BCUT2D eigenvalue weighted by molar-refractivity contribution is -0.512. The number of rotatable bonds is 3. The molecule has 1 aromatic heterocycles. The fourth-order valence-electron chi connectivity index (χ4n) is 3.28. The molecule has 4 nitrogen and oxygen atoms in total. The van der Waals surface area contributed by atoms with Crippen LogP contribution in [0.3, 0.4) is 0 Å². The van der Waals surface area contributed by atoms with Crippen LogP contribution in [-0.2, 0) is 6.54 Å². The molecule has 3 heterocycles. The van der Waals surface area contributed by atoms with Crippen LogP contribution >= 0.6 is 34.9 Å². The number of aromatic nitrogens is 1. The fraction of sp³-hybridized carbons (Fsp3) is 0.368. The molecule has 0 aliphatic carbocycles. The highest BCUT2D eigenvalue weighted by Gasteiger charge is 2.25. The monoisotopic (exact) mass is 404 g/mol. The van der Waals surface area contributed by atoms with Crippen molar-refractivity contribution in [2.45, 2.75) is 25.3 Å². The highest BCUT2D eigenvalue weighted by Crippen LogP contribution is 2.44. The van der Waals surface area contributed by atoms with Crippen LogP contribution in [0, 0.1) is 0 Å². The Hall–Kier alpha value is -1.44. The van der Waals surface area contributed by atoms with Gasteiger partial charge < -0.3 is 4.90 Å². The molecule has 0 spiro atoms.